The lowest BCUT2D eigenvalue weighted by Crippen LogP contribution is -2.47. The molecule has 0 saturated carbocycles. The molecular weight excluding hydrogens is 300 g/mol. The van der Waals surface area contributed by atoms with Crippen LogP contribution >= 0.6 is 0 Å². The standard InChI is InChI=1S/C16H30N2O5/c1-15(2,3)22-13(20)17-11-7-8-12(19)10-18(9-11)14(21)23-16(4,5)6/h11-12,19H,7-10H2,1-6H3,(H,17,20)/t11-,12+/m1/s1. The predicted molar refractivity (Wildman–Crippen MR) is 86.2 cm³/mol. The first-order chi connectivity index (χ1) is 10.4. The lowest BCUT2D eigenvalue weighted by molar-refractivity contribution is 0.0154. The number of alkyl carbamates (subject to hydrolysis) is 1. The molecule has 1 aliphatic rings. The quantitative estimate of drug-likeness (QED) is 0.770. The molecule has 134 valence electrons. The molecule has 0 radical (unpaired) electrons. The molecule has 0 bridgehead atoms. The number of ether oxygens (including phenoxy) is 2. The monoisotopic (exact) mass is 330 g/mol. The fourth-order valence-electron chi connectivity index (χ4n) is 2.24. The molecule has 0 aliphatic carbocycles. The minimum Gasteiger partial charge on any atom is -0.444 e. The Labute approximate surface area is 138 Å². The summed E-state index contributed by atoms with van der Waals surface area (Å²) in [6.07, 6.45) is -0.579. The van der Waals surface area contributed by atoms with Gasteiger partial charge in [0.1, 0.15) is 11.2 Å². The minimum absolute atomic E-state index is 0.196. The van der Waals surface area contributed by atoms with E-state index in [2.05, 4.69) is 5.32 Å². The first-order valence-electron chi connectivity index (χ1n) is 8.01. The van der Waals surface area contributed by atoms with E-state index in [1.807, 2.05) is 0 Å². The third kappa shape index (κ3) is 8.06. The van der Waals surface area contributed by atoms with Crippen molar-refractivity contribution < 1.29 is 24.2 Å². The maximum Gasteiger partial charge on any atom is 0.410 e. The number of nitrogens with one attached hydrogen (secondary N) is 1. The number of hydrogen-bond acceptors (Lipinski definition) is 5. The van der Waals surface area contributed by atoms with Crippen molar-refractivity contribution in [1.82, 2.24) is 10.2 Å². The van der Waals surface area contributed by atoms with Gasteiger partial charge in [0, 0.05) is 13.1 Å². The maximum atomic E-state index is 12.2. The van der Waals surface area contributed by atoms with Crippen LogP contribution in [-0.2, 0) is 9.47 Å². The highest BCUT2D eigenvalue weighted by atomic mass is 16.6. The molecule has 1 rings (SSSR count). The molecule has 2 amide bonds. The van der Waals surface area contributed by atoms with Crippen molar-refractivity contribution >= 4 is 12.2 Å². The van der Waals surface area contributed by atoms with Crippen molar-refractivity contribution in [2.75, 3.05) is 13.1 Å². The van der Waals surface area contributed by atoms with Gasteiger partial charge >= 0.3 is 12.2 Å². The predicted octanol–water partition coefficient (Wildman–Crippen LogP) is 2.27. The van der Waals surface area contributed by atoms with Crippen molar-refractivity contribution in [3.8, 4) is 0 Å². The molecule has 7 heteroatoms. The van der Waals surface area contributed by atoms with Gasteiger partial charge in [-0.15, -0.1) is 0 Å². The average molecular weight is 330 g/mol. The van der Waals surface area contributed by atoms with Gasteiger partial charge in [0.25, 0.3) is 0 Å². The molecule has 2 N–H and O–H groups in total. The molecule has 0 unspecified atom stereocenters. The minimum atomic E-state index is -0.632. The van der Waals surface area contributed by atoms with Crippen LogP contribution in [0.2, 0.25) is 0 Å². The van der Waals surface area contributed by atoms with E-state index in [1.165, 1.54) is 4.90 Å². The number of likely N-dealkylation sites (tertiary alicyclic amines) is 1. The van der Waals surface area contributed by atoms with E-state index in [1.54, 1.807) is 41.5 Å². The van der Waals surface area contributed by atoms with Crippen LogP contribution in [0.15, 0.2) is 0 Å². The molecule has 0 spiro atoms. The highest BCUT2D eigenvalue weighted by Crippen LogP contribution is 2.16. The summed E-state index contributed by atoms with van der Waals surface area (Å²) < 4.78 is 10.6. The Balaban J connectivity index is 2.68. The van der Waals surface area contributed by atoms with Crippen LogP contribution in [-0.4, -0.2) is 58.6 Å². The number of β-amino-alcohol motifs (C(OH)–C–C–N with tert-alkyl or cyclic N) is 1. The maximum absolute atomic E-state index is 12.2. The van der Waals surface area contributed by atoms with E-state index in [4.69, 9.17) is 9.47 Å². The first-order valence-corrected chi connectivity index (χ1v) is 8.01. The Morgan fingerprint density at radius 1 is 1.00 bits per heavy atom. The van der Waals surface area contributed by atoms with Crippen molar-refractivity contribution in [1.29, 1.82) is 0 Å². The van der Waals surface area contributed by atoms with Crippen LogP contribution < -0.4 is 5.32 Å². The number of aliphatic hydroxyl groups is 1. The Morgan fingerprint density at radius 2 is 1.57 bits per heavy atom. The molecule has 1 heterocycles. The van der Waals surface area contributed by atoms with Crippen LogP contribution in [0.3, 0.4) is 0 Å². The SMILES string of the molecule is CC(C)(C)OC(=O)N[C@@H]1CC[C@H](O)CN(C(=O)OC(C)(C)C)C1. The van der Waals surface area contributed by atoms with E-state index in [9.17, 15) is 14.7 Å². The number of carbonyl (C=O) groups excluding carboxylic acids is 2. The summed E-state index contributed by atoms with van der Waals surface area (Å²) in [4.78, 5) is 25.6. The Morgan fingerprint density at radius 3 is 2.09 bits per heavy atom. The van der Waals surface area contributed by atoms with Crippen LogP contribution in [0.1, 0.15) is 54.4 Å². The van der Waals surface area contributed by atoms with Crippen molar-refractivity contribution in [2.45, 2.75) is 77.7 Å². The second-order valence-corrected chi connectivity index (χ2v) is 7.96. The number of nitrogens with zero attached hydrogens (tertiary/aromatic N) is 1. The molecule has 1 fully saturated rings. The van der Waals surface area contributed by atoms with Gasteiger partial charge in [-0.3, -0.25) is 0 Å². The van der Waals surface area contributed by atoms with Gasteiger partial charge in [0.15, 0.2) is 0 Å². The molecule has 2 atom stereocenters. The number of hydrogen-bond donors (Lipinski definition) is 2. The molecule has 1 saturated heterocycles. The van der Waals surface area contributed by atoms with Gasteiger partial charge in [-0.05, 0) is 54.4 Å². The largest absolute Gasteiger partial charge is 0.444 e. The molecule has 0 aromatic carbocycles. The lowest BCUT2D eigenvalue weighted by atomic mass is 10.1. The van der Waals surface area contributed by atoms with Crippen molar-refractivity contribution in [3.05, 3.63) is 0 Å². The van der Waals surface area contributed by atoms with Crippen LogP contribution in [0.5, 0.6) is 0 Å². The third-order valence-electron chi connectivity index (χ3n) is 3.09. The van der Waals surface area contributed by atoms with Gasteiger partial charge in [0.2, 0.25) is 0 Å². The number of carbonyl (C=O) groups is 2. The molecule has 0 aromatic rings. The molecular formula is C16H30N2O5. The molecule has 1 aliphatic heterocycles. The Kier molecular flexibility index (Phi) is 6.27. The highest BCUT2D eigenvalue weighted by molar-refractivity contribution is 5.70. The summed E-state index contributed by atoms with van der Waals surface area (Å²) in [6, 6.07) is -0.283. The van der Waals surface area contributed by atoms with Crippen LogP contribution in [0.4, 0.5) is 9.59 Å². The van der Waals surface area contributed by atoms with Crippen molar-refractivity contribution in [3.63, 3.8) is 0 Å². The van der Waals surface area contributed by atoms with E-state index >= 15 is 0 Å². The third-order valence-corrected chi connectivity index (χ3v) is 3.09. The summed E-state index contributed by atoms with van der Waals surface area (Å²) in [7, 11) is 0. The zero-order valence-corrected chi connectivity index (χ0v) is 15.0. The van der Waals surface area contributed by atoms with E-state index in [0.717, 1.165) is 0 Å². The topological polar surface area (TPSA) is 88.1 Å². The van der Waals surface area contributed by atoms with E-state index < -0.39 is 29.5 Å². The second kappa shape index (κ2) is 7.38. The van der Waals surface area contributed by atoms with E-state index in [-0.39, 0.29) is 19.1 Å². The number of amides is 2. The number of rotatable bonds is 1. The highest BCUT2D eigenvalue weighted by Gasteiger charge is 2.30. The number of aliphatic hydroxyl groups excluding tert-OH is 1. The summed E-state index contributed by atoms with van der Waals surface area (Å²) in [6.45, 7) is 11.2. The molecule has 7 nitrogen and oxygen atoms in total. The summed E-state index contributed by atoms with van der Waals surface area (Å²) in [5.41, 5.74) is -1.19. The summed E-state index contributed by atoms with van der Waals surface area (Å²) >= 11 is 0. The summed E-state index contributed by atoms with van der Waals surface area (Å²) in [5, 5.41) is 12.7. The zero-order valence-electron chi connectivity index (χ0n) is 15.0. The Hall–Kier alpha value is -1.50. The average Bonchev–Trinajstić information content (AvgIpc) is 2.47. The second-order valence-electron chi connectivity index (χ2n) is 7.96. The molecule has 23 heavy (non-hydrogen) atoms. The smallest absolute Gasteiger partial charge is 0.410 e. The van der Waals surface area contributed by atoms with Gasteiger partial charge in [-0.25, -0.2) is 9.59 Å². The van der Waals surface area contributed by atoms with Gasteiger partial charge < -0.3 is 24.8 Å². The van der Waals surface area contributed by atoms with Crippen LogP contribution in [0, 0.1) is 0 Å². The molecule has 0 aromatic heterocycles. The normalized spacial score (nSPS) is 23.0. The van der Waals surface area contributed by atoms with E-state index in [0.29, 0.717) is 12.8 Å². The summed E-state index contributed by atoms with van der Waals surface area (Å²) in [5.74, 6) is 0. The van der Waals surface area contributed by atoms with Gasteiger partial charge in [-0.1, -0.05) is 0 Å². The van der Waals surface area contributed by atoms with Gasteiger partial charge in [0.05, 0.1) is 12.1 Å². The van der Waals surface area contributed by atoms with Crippen molar-refractivity contribution in [2.24, 2.45) is 0 Å². The fraction of sp³-hybridized carbons (Fsp3) is 0.875. The lowest BCUT2D eigenvalue weighted by Gasteiger charge is -2.29. The first kappa shape index (κ1) is 19.5. The Bertz CT molecular complexity index is 425. The fourth-order valence-corrected chi connectivity index (χ4v) is 2.24. The van der Waals surface area contributed by atoms with Crippen LogP contribution in [0.25, 0.3) is 0 Å². The zero-order chi connectivity index (χ0) is 17.8. The van der Waals surface area contributed by atoms with Gasteiger partial charge in [-0.2, -0.15) is 0 Å².